The molecule has 1 atom stereocenters. The third-order valence-electron chi connectivity index (χ3n) is 2.66. The highest BCUT2D eigenvalue weighted by Crippen LogP contribution is 2.51. The molecule has 1 rings (SSSR count). The first-order valence-electron chi connectivity index (χ1n) is 6.87. The minimum absolute atomic E-state index is 0.289. The largest absolute Gasteiger partial charge is 0.478 e. The van der Waals surface area contributed by atoms with Crippen LogP contribution in [0.15, 0.2) is 12.4 Å². The van der Waals surface area contributed by atoms with Gasteiger partial charge in [-0.3, -0.25) is 9.05 Å². The zero-order valence-corrected chi connectivity index (χ0v) is 13.1. The van der Waals surface area contributed by atoms with Gasteiger partial charge in [0, 0.05) is 25.5 Å². The molecule has 0 bridgehead atoms. The van der Waals surface area contributed by atoms with Gasteiger partial charge in [0.1, 0.15) is 0 Å². The average molecular weight is 292 g/mol. The maximum atomic E-state index is 12.4. The van der Waals surface area contributed by atoms with Crippen molar-refractivity contribution in [2.24, 2.45) is 0 Å². The molecule has 0 radical (unpaired) electrons. The van der Waals surface area contributed by atoms with Crippen LogP contribution in [-0.2, 0) is 18.1 Å². The molecular formula is C12H25N2O4P. The SMILES string of the molecule is CCCN1C=CN(CC)C1OP(=O)(OCC)OCC. The van der Waals surface area contributed by atoms with E-state index >= 15 is 0 Å². The first-order valence-corrected chi connectivity index (χ1v) is 8.33. The minimum Gasteiger partial charge on any atom is -0.334 e. The van der Waals surface area contributed by atoms with Crippen LogP contribution in [-0.4, -0.2) is 42.5 Å². The smallest absolute Gasteiger partial charge is 0.334 e. The molecule has 1 heterocycles. The predicted molar refractivity (Wildman–Crippen MR) is 74.2 cm³/mol. The highest BCUT2D eigenvalue weighted by Gasteiger charge is 2.36. The Morgan fingerprint density at radius 1 is 1.05 bits per heavy atom. The van der Waals surface area contributed by atoms with Crippen LogP contribution in [0.5, 0.6) is 0 Å². The highest BCUT2D eigenvalue weighted by molar-refractivity contribution is 7.48. The minimum atomic E-state index is -3.50. The summed E-state index contributed by atoms with van der Waals surface area (Å²) >= 11 is 0. The summed E-state index contributed by atoms with van der Waals surface area (Å²) in [5.41, 5.74) is 0. The summed E-state index contributed by atoms with van der Waals surface area (Å²) in [5, 5.41) is 0. The van der Waals surface area contributed by atoms with Crippen molar-refractivity contribution >= 4 is 7.82 Å². The average Bonchev–Trinajstić information content (AvgIpc) is 2.72. The lowest BCUT2D eigenvalue weighted by Gasteiger charge is -2.33. The molecule has 0 aliphatic carbocycles. The maximum absolute atomic E-state index is 12.4. The molecule has 6 nitrogen and oxygen atoms in total. The molecule has 0 fully saturated rings. The van der Waals surface area contributed by atoms with E-state index in [1.54, 1.807) is 13.8 Å². The summed E-state index contributed by atoms with van der Waals surface area (Å²) in [6.07, 6.45) is 4.44. The zero-order valence-electron chi connectivity index (χ0n) is 12.2. The summed E-state index contributed by atoms with van der Waals surface area (Å²) in [4.78, 5) is 3.95. The van der Waals surface area contributed by atoms with Crippen LogP contribution < -0.4 is 0 Å². The van der Waals surface area contributed by atoms with Gasteiger partial charge in [-0.1, -0.05) is 6.92 Å². The summed E-state index contributed by atoms with van der Waals surface area (Å²) in [7, 11) is -3.50. The fourth-order valence-electron chi connectivity index (χ4n) is 1.86. The van der Waals surface area contributed by atoms with Crippen molar-refractivity contribution in [3.8, 4) is 0 Å². The lowest BCUT2D eigenvalue weighted by Crippen LogP contribution is -2.40. The van der Waals surface area contributed by atoms with E-state index in [2.05, 4.69) is 6.92 Å². The van der Waals surface area contributed by atoms with Crippen molar-refractivity contribution < 1.29 is 18.1 Å². The Bertz CT molecular complexity index is 328. The normalized spacial score (nSPS) is 19.5. The first kappa shape index (κ1) is 16.5. The molecule has 0 saturated heterocycles. The van der Waals surface area contributed by atoms with E-state index in [1.807, 2.05) is 29.1 Å². The molecule has 1 aliphatic rings. The van der Waals surface area contributed by atoms with Gasteiger partial charge in [0.2, 0.25) is 6.35 Å². The van der Waals surface area contributed by atoms with E-state index in [0.29, 0.717) is 0 Å². The summed E-state index contributed by atoms with van der Waals surface area (Å²) in [6.45, 7) is 9.81. The van der Waals surface area contributed by atoms with Crippen LogP contribution in [0.2, 0.25) is 0 Å². The van der Waals surface area contributed by atoms with Gasteiger partial charge >= 0.3 is 7.82 Å². The molecule has 0 amide bonds. The Morgan fingerprint density at radius 2 is 1.63 bits per heavy atom. The van der Waals surface area contributed by atoms with Gasteiger partial charge in [0.25, 0.3) is 0 Å². The van der Waals surface area contributed by atoms with Gasteiger partial charge in [-0.15, -0.1) is 0 Å². The van der Waals surface area contributed by atoms with Crippen molar-refractivity contribution in [3.05, 3.63) is 12.4 Å². The lowest BCUT2D eigenvalue weighted by molar-refractivity contribution is -0.0518. The second-order valence-corrected chi connectivity index (χ2v) is 5.70. The van der Waals surface area contributed by atoms with Crippen LogP contribution in [0.1, 0.15) is 34.1 Å². The van der Waals surface area contributed by atoms with Gasteiger partial charge in [-0.05, 0) is 27.2 Å². The Labute approximate surface area is 115 Å². The van der Waals surface area contributed by atoms with E-state index in [0.717, 1.165) is 19.5 Å². The number of phosphoric ester groups is 1. The molecule has 1 unspecified atom stereocenters. The van der Waals surface area contributed by atoms with E-state index in [1.165, 1.54) is 0 Å². The second kappa shape index (κ2) is 7.90. The van der Waals surface area contributed by atoms with Crippen molar-refractivity contribution in [2.45, 2.75) is 40.5 Å². The summed E-state index contributed by atoms with van der Waals surface area (Å²) in [6, 6.07) is 0. The molecule has 0 aromatic carbocycles. The molecular weight excluding hydrogens is 267 g/mol. The number of phosphoric acid groups is 1. The molecule has 0 aromatic rings. The quantitative estimate of drug-likeness (QED) is 0.609. The molecule has 1 aliphatic heterocycles. The van der Waals surface area contributed by atoms with Gasteiger partial charge < -0.3 is 9.80 Å². The number of hydrogen-bond donors (Lipinski definition) is 0. The Kier molecular flexibility index (Phi) is 6.86. The Balaban J connectivity index is 2.76. The third kappa shape index (κ3) is 4.49. The molecule has 19 heavy (non-hydrogen) atoms. The van der Waals surface area contributed by atoms with Crippen molar-refractivity contribution in [2.75, 3.05) is 26.3 Å². The summed E-state index contributed by atoms with van der Waals surface area (Å²) in [5.74, 6) is 0. The van der Waals surface area contributed by atoms with Crippen LogP contribution in [0.25, 0.3) is 0 Å². The van der Waals surface area contributed by atoms with Gasteiger partial charge in [0.15, 0.2) is 0 Å². The van der Waals surface area contributed by atoms with Gasteiger partial charge in [-0.25, -0.2) is 9.09 Å². The van der Waals surface area contributed by atoms with Gasteiger partial charge in [0.05, 0.1) is 13.2 Å². The lowest BCUT2D eigenvalue weighted by atomic mass is 10.4. The number of rotatable bonds is 9. The van der Waals surface area contributed by atoms with Crippen LogP contribution in [0.4, 0.5) is 0 Å². The van der Waals surface area contributed by atoms with Crippen LogP contribution in [0.3, 0.4) is 0 Å². The molecule has 0 saturated carbocycles. The molecule has 0 aromatic heterocycles. The van der Waals surface area contributed by atoms with Crippen molar-refractivity contribution in [1.82, 2.24) is 9.80 Å². The van der Waals surface area contributed by atoms with Gasteiger partial charge in [-0.2, -0.15) is 0 Å². The topological polar surface area (TPSA) is 51.2 Å². The molecule has 7 heteroatoms. The second-order valence-electron chi connectivity index (χ2n) is 4.08. The standard InChI is InChI=1S/C12H25N2O4P/c1-5-9-14-11-10-13(6-2)12(14)18-19(15,16-7-3)17-8-4/h10-12H,5-9H2,1-4H3. The van der Waals surface area contributed by atoms with Crippen LogP contribution in [0, 0.1) is 0 Å². The fourth-order valence-corrected chi connectivity index (χ4v) is 3.17. The van der Waals surface area contributed by atoms with E-state index in [9.17, 15) is 4.57 Å². The zero-order chi connectivity index (χ0) is 14.3. The van der Waals surface area contributed by atoms with E-state index in [4.69, 9.17) is 13.6 Å². The van der Waals surface area contributed by atoms with Crippen LogP contribution >= 0.6 is 7.82 Å². The predicted octanol–water partition coefficient (Wildman–Crippen LogP) is 2.99. The first-order chi connectivity index (χ1) is 9.10. The monoisotopic (exact) mass is 292 g/mol. The molecule has 112 valence electrons. The number of hydrogen-bond acceptors (Lipinski definition) is 6. The van der Waals surface area contributed by atoms with Crippen molar-refractivity contribution in [3.63, 3.8) is 0 Å². The van der Waals surface area contributed by atoms with E-state index < -0.39 is 14.2 Å². The molecule has 0 spiro atoms. The van der Waals surface area contributed by atoms with Crippen molar-refractivity contribution in [1.29, 1.82) is 0 Å². The Morgan fingerprint density at radius 3 is 2.11 bits per heavy atom. The highest BCUT2D eigenvalue weighted by atomic mass is 31.2. The Hall–Kier alpha value is -0.550. The third-order valence-corrected chi connectivity index (χ3v) is 4.26. The van der Waals surface area contributed by atoms with E-state index in [-0.39, 0.29) is 13.2 Å². The fraction of sp³-hybridized carbons (Fsp3) is 0.833. The maximum Gasteiger partial charge on any atom is 0.478 e. The number of nitrogens with zero attached hydrogens (tertiary/aromatic N) is 2. The summed E-state index contributed by atoms with van der Waals surface area (Å²) < 4.78 is 28.4. The molecule has 0 N–H and O–H groups in total.